The zero-order chi connectivity index (χ0) is 18.2. The van der Waals surface area contributed by atoms with Crippen molar-refractivity contribution in [3.63, 3.8) is 0 Å². The van der Waals surface area contributed by atoms with E-state index in [4.69, 9.17) is 9.84 Å². The summed E-state index contributed by atoms with van der Waals surface area (Å²) in [6.45, 7) is 4.02. The van der Waals surface area contributed by atoms with Crippen molar-refractivity contribution in [2.24, 2.45) is 5.92 Å². The van der Waals surface area contributed by atoms with Crippen LogP contribution in [0.1, 0.15) is 49.9 Å². The highest BCUT2D eigenvalue weighted by molar-refractivity contribution is 5.97. The Morgan fingerprint density at radius 1 is 1.28 bits per heavy atom. The van der Waals surface area contributed by atoms with Crippen LogP contribution in [0.25, 0.3) is 0 Å². The van der Waals surface area contributed by atoms with Crippen LogP contribution < -0.4 is 10.6 Å². The molecule has 1 aliphatic carbocycles. The van der Waals surface area contributed by atoms with Gasteiger partial charge in [-0.1, -0.05) is 31.9 Å². The van der Waals surface area contributed by atoms with E-state index in [1.807, 2.05) is 0 Å². The maximum Gasteiger partial charge on any atom is 0.341 e. The van der Waals surface area contributed by atoms with E-state index in [1.54, 1.807) is 31.2 Å². The number of anilines is 1. The number of amides is 1. The summed E-state index contributed by atoms with van der Waals surface area (Å²) in [4.78, 5) is 24.7. The van der Waals surface area contributed by atoms with Crippen molar-refractivity contribution in [1.82, 2.24) is 5.32 Å². The number of para-hydroxylation sites is 1. The van der Waals surface area contributed by atoms with E-state index in [0.29, 0.717) is 23.7 Å². The molecule has 1 aromatic rings. The summed E-state index contributed by atoms with van der Waals surface area (Å²) >= 11 is 0. The summed E-state index contributed by atoms with van der Waals surface area (Å²) < 4.78 is 5.34. The van der Waals surface area contributed by atoms with Crippen molar-refractivity contribution in [1.29, 1.82) is 0 Å². The van der Waals surface area contributed by atoms with Crippen LogP contribution in [0.15, 0.2) is 24.3 Å². The Morgan fingerprint density at radius 2 is 2.00 bits per heavy atom. The zero-order valence-electron chi connectivity index (χ0n) is 15.0. The molecule has 2 rings (SSSR count). The Kier molecular flexibility index (Phi) is 7.25. The molecule has 138 valence electrons. The van der Waals surface area contributed by atoms with Gasteiger partial charge >= 0.3 is 5.97 Å². The van der Waals surface area contributed by atoms with Gasteiger partial charge in [0, 0.05) is 18.3 Å². The summed E-state index contributed by atoms with van der Waals surface area (Å²) in [7, 11) is 0. The maximum atomic E-state index is 12.4. The van der Waals surface area contributed by atoms with Crippen molar-refractivity contribution in [2.75, 3.05) is 18.5 Å². The molecule has 6 heteroatoms. The minimum atomic E-state index is -0.854. The number of ether oxygens (including phenoxy) is 1. The number of nitrogens with one attached hydrogen (secondary N) is 2. The number of hydrogen-bond donors (Lipinski definition) is 3. The Balaban J connectivity index is 1.94. The van der Waals surface area contributed by atoms with Crippen LogP contribution >= 0.6 is 0 Å². The Morgan fingerprint density at radius 3 is 2.72 bits per heavy atom. The number of benzene rings is 1. The van der Waals surface area contributed by atoms with Crippen LogP contribution in [-0.4, -0.2) is 42.3 Å². The van der Waals surface area contributed by atoms with E-state index in [0.717, 1.165) is 19.3 Å². The van der Waals surface area contributed by atoms with E-state index in [9.17, 15) is 9.59 Å². The number of rotatable bonds is 7. The fourth-order valence-electron chi connectivity index (χ4n) is 3.11. The molecule has 0 aromatic heterocycles. The Bertz CT molecular complexity index is 591. The van der Waals surface area contributed by atoms with E-state index >= 15 is 0 Å². The quantitative estimate of drug-likeness (QED) is 0.658. The molecule has 1 saturated carbocycles. The molecule has 0 saturated heterocycles. The number of aliphatic hydroxyl groups excluding tert-OH is 1. The molecular formula is C19H28N2O4. The van der Waals surface area contributed by atoms with E-state index in [1.165, 1.54) is 6.42 Å². The topological polar surface area (TPSA) is 87.7 Å². The highest BCUT2D eigenvalue weighted by atomic mass is 16.5. The number of carbonyl (C=O) groups is 2. The lowest BCUT2D eigenvalue weighted by atomic mass is 9.86. The van der Waals surface area contributed by atoms with Gasteiger partial charge in [-0.25, -0.2) is 4.79 Å². The van der Waals surface area contributed by atoms with Gasteiger partial charge in [-0.15, -0.1) is 0 Å². The second-order valence-corrected chi connectivity index (χ2v) is 6.62. The molecule has 3 N–H and O–H groups in total. The van der Waals surface area contributed by atoms with Gasteiger partial charge in [0.05, 0.1) is 12.2 Å². The molecule has 0 radical (unpaired) electrons. The lowest BCUT2D eigenvalue weighted by Crippen LogP contribution is -2.46. The maximum absolute atomic E-state index is 12.4. The first kappa shape index (κ1) is 19.2. The van der Waals surface area contributed by atoms with Crippen molar-refractivity contribution < 1.29 is 19.4 Å². The highest BCUT2D eigenvalue weighted by Crippen LogP contribution is 2.24. The van der Waals surface area contributed by atoms with Gasteiger partial charge in [0.25, 0.3) is 5.91 Å². The largest absolute Gasteiger partial charge is 0.449 e. The van der Waals surface area contributed by atoms with Gasteiger partial charge in [0.1, 0.15) is 0 Å². The summed E-state index contributed by atoms with van der Waals surface area (Å²) in [6.07, 6.45) is 3.56. The predicted molar refractivity (Wildman–Crippen MR) is 96.5 cm³/mol. The zero-order valence-corrected chi connectivity index (χ0v) is 15.0. The van der Waals surface area contributed by atoms with Gasteiger partial charge in [-0.2, -0.15) is 0 Å². The van der Waals surface area contributed by atoms with E-state index < -0.39 is 12.1 Å². The molecule has 1 fully saturated rings. The predicted octanol–water partition coefficient (Wildman–Crippen LogP) is 2.33. The molecule has 0 spiro atoms. The molecule has 1 aromatic carbocycles. The average molecular weight is 348 g/mol. The van der Waals surface area contributed by atoms with Crippen LogP contribution in [0, 0.1) is 5.92 Å². The van der Waals surface area contributed by atoms with Gasteiger partial charge in [-0.05, 0) is 37.8 Å². The summed E-state index contributed by atoms with van der Waals surface area (Å²) in [6, 6.07) is 7.05. The highest BCUT2D eigenvalue weighted by Gasteiger charge is 2.27. The van der Waals surface area contributed by atoms with E-state index in [-0.39, 0.29) is 18.6 Å². The van der Waals surface area contributed by atoms with Crippen molar-refractivity contribution in [3.05, 3.63) is 29.8 Å². The van der Waals surface area contributed by atoms with Crippen molar-refractivity contribution in [3.8, 4) is 0 Å². The molecule has 0 bridgehead atoms. The molecule has 25 heavy (non-hydrogen) atoms. The molecule has 0 unspecified atom stereocenters. The van der Waals surface area contributed by atoms with Crippen LogP contribution in [0.2, 0.25) is 0 Å². The summed E-state index contributed by atoms with van der Waals surface area (Å²) in [5.74, 6) is -0.364. The van der Waals surface area contributed by atoms with Crippen LogP contribution in [0.3, 0.4) is 0 Å². The lowest BCUT2D eigenvalue weighted by molar-refractivity contribution is -0.130. The minimum absolute atomic E-state index is 0.0399. The molecular weight excluding hydrogens is 320 g/mol. The van der Waals surface area contributed by atoms with Crippen LogP contribution in [0.5, 0.6) is 0 Å². The third-order valence-corrected chi connectivity index (χ3v) is 4.67. The monoisotopic (exact) mass is 348 g/mol. The molecule has 6 nitrogen and oxygen atoms in total. The first-order chi connectivity index (χ1) is 12.0. The fraction of sp³-hybridized carbons (Fsp3) is 0.579. The Hall–Kier alpha value is -2.08. The Labute approximate surface area is 149 Å². The van der Waals surface area contributed by atoms with Crippen molar-refractivity contribution >= 4 is 17.6 Å². The molecule has 3 atom stereocenters. The van der Waals surface area contributed by atoms with Gasteiger partial charge < -0.3 is 20.5 Å². The second-order valence-electron chi connectivity index (χ2n) is 6.62. The molecule has 0 aliphatic heterocycles. The normalized spacial score (nSPS) is 21.2. The summed E-state index contributed by atoms with van der Waals surface area (Å²) in [5, 5.41) is 14.9. The number of carbonyl (C=O) groups excluding carboxylic acids is 2. The standard InChI is InChI=1S/C19H28N2O4/c1-13-7-3-5-9-16(13)21-18(23)14(2)25-19(24)15-8-4-6-10-17(15)20-11-12-22/h4,6,8,10,13-14,16,20,22H,3,5,7,9,11-12H2,1-2H3,(H,21,23)/t13-,14-,16+/m0/s1. The van der Waals surface area contributed by atoms with Crippen molar-refractivity contribution in [2.45, 2.75) is 51.7 Å². The smallest absolute Gasteiger partial charge is 0.341 e. The third kappa shape index (κ3) is 5.46. The fourth-order valence-corrected chi connectivity index (χ4v) is 3.11. The first-order valence-corrected chi connectivity index (χ1v) is 8.98. The van der Waals surface area contributed by atoms with E-state index in [2.05, 4.69) is 17.6 Å². The SMILES string of the molecule is C[C@H](OC(=O)c1ccccc1NCCO)C(=O)N[C@@H]1CCCC[C@@H]1C. The second kappa shape index (κ2) is 9.42. The van der Waals surface area contributed by atoms with Gasteiger partial charge in [0.15, 0.2) is 6.10 Å². The van der Waals surface area contributed by atoms with Gasteiger partial charge in [0.2, 0.25) is 0 Å². The molecule has 0 heterocycles. The minimum Gasteiger partial charge on any atom is -0.449 e. The molecule has 1 aliphatic rings. The summed E-state index contributed by atoms with van der Waals surface area (Å²) in [5.41, 5.74) is 0.927. The molecule has 1 amide bonds. The number of esters is 1. The number of hydrogen-bond acceptors (Lipinski definition) is 5. The third-order valence-electron chi connectivity index (χ3n) is 4.67. The average Bonchev–Trinajstić information content (AvgIpc) is 2.62. The van der Waals surface area contributed by atoms with Crippen LogP contribution in [-0.2, 0) is 9.53 Å². The first-order valence-electron chi connectivity index (χ1n) is 8.98. The van der Waals surface area contributed by atoms with Gasteiger partial charge in [-0.3, -0.25) is 4.79 Å². The van der Waals surface area contributed by atoms with Crippen LogP contribution in [0.4, 0.5) is 5.69 Å². The number of aliphatic hydroxyl groups is 1. The lowest BCUT2D eigenvalue weighted by Gasteiger charge is -2.30.